The minimum atomic E-state index is -4.45. The summed E-state index contributed by atoms with van der Waals surface area (Å²) in [7, 11) is 5.28. The van der Waals surface area contributed by atoms with Crippen LogP contribution in [-0.2, 0) is 23.1 Å². The molecule has 3 aromatic rings. The molecule has 1 N–H and O–H groups in total. The van der Waals surface area contributed by atoms with Gasteiger partial charge in [-0.3, -0.25) is 4.98 Å². The van der Waals surface area contributed by atoms with E-state index in [-0.39, 0.29) is 16.4 Å². The van der Waals surface area contributed by atoms with Gasteiger partial charge in [0.2, 0.25) is 0 Å². The van der Waals surface area contributed by atoms with Crippen LogP contribution in [0.1, 0.15) is 11.1 Å². The summed E-state index contributed by atoms with van der Waals surface area (Å²) >= 11 is -1.56. The molecule has 2 aromatic carbocycles. The van der Waals surface area contributed by atoms with E-state index in [0.29, 0.717) is 11.3 Å². The summed E-state index contributed by atoms with van der Waals surface area (Å²) in [5.74, 6) is 0.781. The molecule has 1 aromatic heterocycles. The normalized spacial score (nSPS) is 13.0. The number of nitrogens with one attached hydrogen (secondary N) is 1. The average Bonchev–Trinajstić information content (AvgIpc) is 3.04. The Hall–Kier alpha value is -2.39. The Bertz CT molecular complexity index is 957. The van der Waals surface area contributed by atoms with Crippen molar-refractivity contribution in [3.63, 3.8) is 0 Å². The molecule has 0 saturated heterocycles. The summed E-state index contributed by atoms with van der Waals surface area (Å²) in [6, 6.07) is 8.67. The van der Waals surface area contributed by atoms with E-state index < -0.39 is 22.9 Å². The minimum absolute atomic E-state index is 0.131. The van der Waals surface area contributed by atoms with Crippen molar-refractivity contribution in [3.05, 3.63) is 47.5 Å². The number of alkyl halides is 3. The quantitative estimate of drug-likeness (QED) is 0.662. The van der Waals surface area contributed by atoms with Gasteiger partial charge in [-0.2, -0.15) is 18.2 Å². The Labute approximate surface area is 157 Å². The zero-order valence-corrected chi connectivity index (χ0v) is 15.7. The van der Waals surface area contributed by atoms with Crippen LogP contribution in [0.4, 0.5) is 18.9 Å². The highest BCUT2D eigenvalue weighted by Gasteiger charge is 2.31. The van der Waals surface area contributed by atoms with Gasteiger partial charge in [0.15, 0.2) is 0 Å². The van der Waals surface area contributed by atoms with Crippen LogP contribution >= 0.6 is 0 Å². The molecule has 0 spiro atoms. The van der Waals surface area contributed by atoms with Crippen molar-refractivity contribution in [1.29, 1.82) is 0 Å². The number of benzene rings is 2. The first-order valence-electron chi connectivity index (χ1n) is 7.98. The number of methoxy groups -OCH3 is 1. The molecule has 0 saturated carbocycles. The predicted octanol–water partition coefficient (Wildman–Crippen LogP) is 3.96. The molecule has 144 valence electrons. The zero-order chi connectivity index (χ0) is 19.8. The second-order valence-corrected chi connectivity index (χ2v) is 7.52. The molecular formula is C18H18F3N3O2S. The highest BCUT2D eigenvalue weighted by molar-refractivity contribution is 7.90. The van der Waals surface area contributed by atoms with E-state index in [0.717, 1.165) is 23.4 Å². The summed E-state index contributed by atoms with van der Waals surface area (Å²) in [6.07, 6.45) is -4.45. The van der Waals surface area contributed by atoms with E-state index in [4.69, 9.17) is 4.74 Å². The van der Waals surface area contributed by atoms with Gasteiger partial charge in [0.1, 0.15) is 11.5 Å². The number of anilines is 1. The molecule has 9 heteroatoms. The monoisotopic (exact) mass is 397 g/mol. The summed E-state index contributed by atoms with van der Waals surface area (Å²) in [5.41, 5.74) is 1.41. The fraction of sp³-hybridized carbons (Fsp3) is 0.278. The lowest BCUT2D eigenvalue weighted by atomic mass is 10.2. The number of nitrogens with zero attached hydrogens (tertiary/aromatic N) is 2. The summed E-state index contributed by atoms with van der Waals surface area (Å²) in [4.78, 5) is 8.84. The molecule has 0 aliphatic heterocycles. The first kappa shape index (κ1) is 19.4. The SMILES string of the molecule is COc1ccc(N(C)C)c(C[S+]([O-])c2nc3cc(C(F)(F)F)ccc3[nH]2)c1. The number of rotatable bonds is 5. The first-order chi connectivity index (χ1) is 12.7. The molecule has 1 atom stereocenters. The van der Waals surface area contributed by atoms with Crippen molar-refractivity contribution in [3.8, 4) is 5.75 Å². The summed E-state index contributed by atoms with van der Waals surface area (Å²) in [5, 5.41) is 0.136. The Kier molecular flexibility index (Phi) is 5.25. The Morgan fingerprint density at radius 1 is 1.19 bits per heavy atom. The van der Waals surface area contributed by atoms with E-state index in [1.54, 1.807) is 13.2 Å². The molecular weight excluding hydrogens is 379 g/mol. The van der Waals surface area contributed by atoms with Crippen molar-refractivity contribution >= 4 is 27.9 Å². The third kappa shape index (κ3) is 4.14. The minimum Gasteiger partial charge on any atom is -0.609 e. The van der Waals surface area contributed by atoms with E-state index in [1.165, 1.54) is 6.07 Å². The van der Waals surface area contributed by atoms with Crippen molar-refractivity contribution < 1.29 is 22.5 Å². The maximum Gasteiger partial charge on any atom is 0.416 e. The molecule has 5 nitrogen and oxygen atoms in total. The van der Waals surface area contributed by atoms with Crippen LogP contribution in [0.3, 0.4) is 0 Å². The first-order valence-corrected chi connectivity index (χ1v) is 9.30. The highest BCUT2D eigenvalue weighted by atomic mass is 32.2. The number of H-pyrrole nitrogens is 1. The lowest BCUT2D eigenvalue weighted by Gasteiger charge is -2.18. The smallest absolute Gasteiger partial charge is 0.416 e. The Morgan fingerprint density at radius 3 is 2.56 bits per heavy atom. The van der Waals surface area contributed by atoms with Gasteiger partial charge < -0.3 is 14.2 Å². The second-order valence-electron chi connectivity index (χ2n) is 6.15. The standard InChI is InChI=1S/C18H18F3N3O2S/c1-24(2)16-7-5-13(26-3)8-11(16)10-27(25)17-22-14-6-4-12(18(19,20)21)9-15(14)23-17/h4-9H,10H2,1-3H3,(H,22,23). The van der Waals surface area contributed by atoms with Crippen LogP contribution in [0.15, 0.2) is 41.6 Å². The number of aromatic nitrogens is 2. The van der Waals surface area contributed by atoms with Gasteiger partial charge in [-0.05, 0) is 36.4 Å². The molecule has 0 amide bonds. The number of imidazole rings is 1. The van der Waals surface area contributed by atoms with Crippen molar-refractivity contribution in [2.45, 2.75) is 17.1 Å². The van der Waals surface area contributed by atoms with Gasteiger partial charge in [-0.25, -0.2) is 0 Å². The Balaban J connectivity index is 1.91. The van der Waals surface area contributed by atoms with Crippen LogP contribution in [0.2, 0.25) is 0 Å². The van der Waals surface area contributed by atoms with Gasteiger partial charge in [-0.1, -0.05) is 0 Å². The van der Waals surface area contributed by atoms with E-state index in [9.17, 15) is 17.7 Å². The van der Waals surface area contributed by atoms with Crippen molar-refractivity contribution in [1.82, 2.24) is 9.97 Å². The highest BCUT2D eigenvalue weighted by Crippen LogP contribution is 2.32. The molecule has 0 aliphatic carbocycles. The van der Waals surface area contributed by atoms with Crippen LogP contribution in [0.5, 0.6) is 5.75 Å². The lowest BCUT2D eigenvalue weighted by molar-refractivity contribution is -0.137. The number of fused-ring (bicyclic) bond motifs is 1. The fourth-order valence-corrected chi connectivity index (χ4v) is 3.79. The van der Waals surface area contributed by atoms with E-state index >= 15 is 0 Å². The number of hydrogen-bond donors (Lipinski definition) is 1. The van der Waals surface area contributed by atoms with Gasteiger partial charge in [0.05, 0.1) is 23.7 Å². The fourth-order valence-electron chi connectivity index (χ4n) is 2.72. The number of hydrogen-bond acceptors (Lipinski definition) is 4. The average molecular weight is 397 g/mol. The molecule has 0 aliphatic rings. The van der Waals surface area contributed by atoms with Gasteiger partial charge in [0.25, 0.3) is 0 Å². The van der Waals surface area contributed by atoms with Crippen LogP contribution in [0, 0.1) is 0 Å². The molecule has 0 bridgehead atoms. The predicted molar refractivity (Wildman–Crippen MR) is 98.5 cm³/mol. The number of ether oxygens (including phenoxy) is 1. The Morgan fingerprint density at radius 2 is 1.93 bits per heavy atom. The molecule has 0 fully saturated rings. The molecule has 1 heterocycles. The maximum atomic E-state index is 12.8. The van der Waals surface area contributed by atoms with Crippen LogP contribution < -0.4 is 9.64 Å². The molecule has 0 radical (unpaired) electrons. The van der Waals surface area contributed by atoms with Crippen LogP contribution in [0.25, 0.3) is 11.0 Å². The summed E-state index contributed by atoms with van der Waals surface area (Å²) < 4.78 is 56.5. The largest absolute Gasteiger partial charge is 0.609 e. The molecule has 27 heavy (non-hydrogen) atoms. The maximum absolute atomic E-state index is 12.8. The van der Waals surface area contributed by atoms with Gasteiger partial charge >= 0.3 is 11.3 Å². The number of aromatic amines is 1. The van der Waals surface area contributed by atoms with Crippen molar-refractivity contribution in [2.75, 3.05) is 26.1 Å². The topological polar surface area (TPSA) is 64.2 Å². The lowest BCUT2D eigenvalue weighted by Crippen LogP contribution is -2.14. The van der Waals surface area contributed by atoms with Gasteiger partial charge in [-0.15, -0.1) is 0 Å². The van der Waals surface area contributed by atoms with Crippen LogP contribution in [-0.4, -0.2) is 35.7 Å². The zero-order valence-electron chi connectivity index (χ0n) is 14.9. The van der Waals surface area contributed by atoms with E-state index in [2.05, 4.69) is 9.97 Å². The third-order valence-electron chi connectivity index (χ3n) is 4.06. The third-order valence-corrected chi connectivity index (χ3v) is 5.26. The van der Waals surface area contributed by atoms with Crippen molar-refractivity contribution in [2.24, 2.45) is 0 Å². The number of halogens is 3. The summed E-state index contributed by atoms with van der Waals surface area (Å²) in [6.45, 7) is 0. The van der Waals surface area contributed by atoms with Gasteiger partial charge in [0, 0.05) is 36.5 Å². The van der Waals surface area contributed by atoms with E-state index in [1.807, 2.05) is 31.1 Å². The molecule has 3 rings (SSSR count). The second kappa shape index (κ2) is 7.32. The molecule has 1 unspecified atom stereocenters.